The maximum absolute atomic E-state index is 14.7. The van der Waals surface area contributed by atoms with Crippen LogP contribution in [0.2, 0.25) is 0 Å². The van der Waals surface area contributed by atoms with Crippen LogP contribution >= 0.6 is 0 Å². The Labute approximate surface area is 103 Å². The van der Waals surface area contributed by atoms with Crippen LogP contribution in [0, 0.1) is 6.92 Å². The van der Waals surface area contributed by atoms with Crippen LogP contribution in [-0.2, 0) is 6.42 Å². The van der Waals surface area contributed by atoms with Gasteiger partial charge in [-0.05, 0) is 38.8 Å². The lowest BCUT2D eigenvalue weighted by molar-refractivity contribution is 0.109. The molecule has 0 aliphatic carbocycles. The van der Waals surface area contributed by atoms with Crippen molar-refractivity contribution in [2.24, 2.45) is 0 Å². The Balaban J connectivity index is 2.05. The molecule has 0 spiro atoms. The predicted molar refractivity (Wildman–Crippen MR) is 70.0 cm³/mol. The van der Waals surface area contributed by atoms with Gasteiger partial charge in [0.25, 0.3) is 0 Å². The van der Waals surface area contributed by atoms with Gasteiger partial charge < -0.3 is 5.32 Å². The Morgan fingerprint density at radius 2 is 2.24 bits per heavy atom. The molecule has 0 radical (unpaired) electrons. The van der Waals surface area contributed by atoms with Gasteiger partial charge in [0.05, 0.1) is 0 Å². The Hall–Kier alpha value is -0.890. The Morgan fingerprint density at radius 1 is 1.41 bits per heavy atom. The van der Waals surface area contributed by atoms with Gasteiger partial charge in [-0.3, -0.25) is 0 Å². The second-order valence-corrected chi connectivity index (χ2v) is 5.45. The van der Waals surface area contributed by atoms with Crippen LogP contribution in [0.25, 0.3) is 0 Å². The van der Waals surface area contributed by atoms with E-state index in [-0.39, 0.29) is 6.04 Å². The third-order valence-corrected chi connectivity index (χ3v) is 3.67. The molecule has 1 nitrogen and oxygen atoms in total. The molecule has 0 bridgehead atoms. The van der Waals surface area contributed by atoms with Crippen LogP contribution in [0.15, 0.2) is 24.3 Å². The van der Waals surface area contributed by atoms with Gasteiger partial charge in [-0.15, -0.1) is 0 Å². The van der Waals surface area contributed by atoms with Crippen molar-refractivity contribution >= 4 is 0 Å². The SMILES string of the molecule is Cc1cccc(CC(C)(F)C2CCCCN2)c1. The number of rotatable bonds is 3. The van der Waals surface area contributed by atoms with Crippen molar-refractivity contribution in [3.8, 4) is 0 Å². The normalized spacial score (nSPS) is 24.3. The van der Waals surface area contributed by atoms with E-state index in [0.717, 1.165) is 24.9 Å². The van der Waals surface area contributed by atoms with Crippen molar-refractivity contribution < 1.29 is 4.39 Å². The lowest BCUT2D eigenvalue weighted by Gasteiger charge is -2.34. The van der Waals surface area contributed by atoms with Gasteiger partial charge >= 0.3 is 0 Å². The van der Waals surface area contributed by atoms with Gasteiger partial charge in [0.15, 0.2) is 0 Å². The fourth-order valence-corrected chi connectivity index (χ4v) is 2.71. The van der Waals surface area contributed by atoms with Crippen molar-refractivity contribution in [2.75, 3.05) is 6.54 Å². The van der Waals surface area contributed by atoms with Crippen LogP contribution in [0.5, 0.6) is 0 Å². The average Bonchev–Trinajstić information content (AvgIpc) is 2.29. The van der Waals surface area contributed by atoms with Crippen LogP contribution < -0.4 is 5.32 Å². The molecule has 0 aromatic heterocycles. The minimum Gasteiger partial charge on any atom is -0.311 e. The van der Waals surface area contributed by atoms with Crippen LogP contribution in [-0.4, -0.2) is 18.3 Å². The summed E-state index contributed by atoms with van der Waals surface area (Å²) >= 11 is 0. The first-order chi connectivity index (χ1) is 8.08. The summed E-state index contributed by atoms with van der Waals surface area (Å²) in [6.45, 7) is 4.74. The highest BCUT2D eigenvalue weighted by Gasteiger charge is 2.34. The van der Waals surface area contributed by atoms with E-state index in [1.807, 2.05) is 12.1 Å². The fourth-order valence-electron chi connectivity index (χ4n) is 2.71. The zero-order chi connectivity index (χ0) is 12.3. The summed E-state index contributed by atoms with van der Waals surface area (Å²) in [5, 5.41) is 3.32. The molecule has 2 rings (SSSR count). The van der Waals surface area contributed by atoms with Crippen LogP contribution in [0.1, 0.15) is 37.3 Å². The van der Waals surface area contributed by atoms with E-state index in [0.29, 0.717) is 6.42 Å². The molecule has 2 unspecified atom stereocenters. The topological polar surface area (TPSA) is 12.0 Å². The summed E-state index contributed by atoms with van der Waals surface area (Å²) in [6.07, 6.45) is 3.78. The molecule has 1 aliphatic rings. The molecule has 1 fully saturated rings. The van der Waals surface area contributed by atoms with Gasteiger partial charge in [0, 0.05) is 12.5 Å². The van der Waals surface area contributed by atoms with Crippen molar-refractivity contribution in [1.29, 1.82) is 0 Å². The van der Waals surface area contributed by atoms with Crippen molar-refractivity contribution in [1.82, 2.24) is 5.32 Å². The Morgan fingerprint density at radius 3 is 2.88 bits per heavy atom. The van der Waals surface area contributed by atoms with E-state index in [4.69, 9.17) is 0 Å². The summed E-state index contributed by atoms with van der Waals surface area (Å²) in [5.74, 6) is 0. The highest BCUT2D eigenvalue weighted by Crippen LogP contribution is 2.27. The van der Waals surface area contributed by atoms with E-state index in [1.165, 1.54) is 12.0 Å². The molecular weight excluding hydrogens is 213 g/mol. The maximum atomic E-state index is 14.7. The number of halogens is 1. The third-order valence-electron chi connectivity index (χ3n) is 3.67. The lowest BCUT2D eigenvalue weighted by Crippen LogP contribution is -2.49. The smallest absolute Gasteiger partial charge is 0.127 e. The van der Waals surface area contributed by atoms with Crippen LogP contribution in [0.4, 0.5) is 4.39 Å². The number of hydrogen-bond acceptors (Lipinski definition) is 1. The largest absolute Gasteiger partial charge is 0.311 e. The molecule has 1 heterocycles. The van der Waals surface area contributed by atoms with Gasteiger partial charge in [0.2, 0.25) is 0 Å². The summed E-state index contributed by atoms with van der Waals surface area (Å²) < 4.78 is 14.7. The van der Waals surface area contributed by atoms with Gasteiger partial charge in [-0.1, -0.05) is 36.2 Å². The molecule has 1 N–H and O–H groups in total. The number of alkyl halides is 1. The molecule has 1 aromatic carbocycles. The Kier molecular flexibility index (Phi) is 3.82. The van der Waals surface area contributed by atoms with Gasteiger partial charge in [-0.2, -0.15) is 0 Å². The van der Waals surface area contributed by atoms with Crippen molar-refractivity contribution in [2.45, 2.75) is 51.2 Å². The quantitative estimate of drug-likeness (QED) is 0.846. The number of hydrogen-bond donors (Lipinski definition) is 1. The molecule has 2 atom stereocenters. The molecule has 17 heavy (non-hydrogen) atoms. The highest BCUT2D eigenvalue weighted by molar-refractivity contribution is 5.24. The number of nitrogens with one attached hydrogen (secondary N) is 1. The number of benzene rings is 1. The third kappa shape index (κ3) is 3.29. The van der Waals surface area contributed by atoms with E-state index in [1.54, 1.807) is 6.92 Å². The monoisotopic (exact) mass is 235 g/mol. The molecule has 1 saturated heterocycles. The van der Waals surface area contributed by atoms with E-state index >= 15 is 0 Å². The molecule has 1 aromatic rings. The first-order valence-electron chi connectivity index (χ1n) is 6.56. The summed E-state index contributed by atoms with van der Waals surface area (Å²) in [7, 11) is 0. The summed E-state index contributed by atoms with van der Waals surface area (Å²) in [6, 6.07) is 8.18. The molecule has 1 aliphatic heterocycles. The van der Waals surface area contributed by atoms with Gasteiger partial charge in [-0.25, -0.2) is 4.39 Å². The maximum Gasteiger partial charge on any atom is 0.127 e. The van der Waals surface area contributed by atoms with E-state index in [9.17, 15) is 4.39 Å². The standard InChI is InChI=1S/C15H22FN/c1-12-6-5-7-13(10-12)11-15(2,16)14-8-3-4-9-17-14/h5-7,10,14,17H,3-4,8-9,11H2,1-2H3. The highest BCUT2D eigenvalue weighted by atomic mass is 19.1. The summed E-state index contributed by atoms with van der Waals surface area (Å²) in [4.78, 5) is 0. The first kappa shape index (κ1) is 12.6. The minimum absolute atomic E-state index is 0.0109. The zero-order valence-corrected chi connectivity index (χ0v) is 10.8. The molecule has 2 heteroatoms. The second-order valence-electron chi connectivity index (χ2n) is 5.45. The molecular formula is C15H22FN. The second kappa shape index (κ2) is 5.18. The van der Waals surface area contributed by atoms with E-state index < -0.39 is 5.67 Å². The number of piperidine rings is 1. The summed E-state index contributed by atoms with van der Waals surface area (Å²) in [5.41, 5.74) is 1.16. The van der Waals surface area contributed by atoms with Gasteiger partial charge in [0.1, 0.15) is 5.67 Å². The van der Waals surface area contributed by atoms with E-state index in [2.05, 4.69) is 24.4 Å². The van der Waals surface area contributed by atoms with Crippen molar-refractivity contribution in [3.05, 3.63) is 35.4 Å². The predicted octanol–water partition coefficient (Wildman–Crippen LogP) is 3.41. The molecule has 0 saturated carbocycles. The van der Waals surface area contributed by atoms with Crippen LogP contribution in [0.3, 0.4) is 0 Å². The Bertz CT molecular complexity index is 367. The first-order valence-corrected chi connectivity index (χ1v) is 6.56. The molecule has 0 amide bonds. The zero-order valence-electron chi connectivity index (χ0n) is 10.8. The lowest BCUT2D eigenvalue weighted by atomic mass is 9.86. The molecule has 94 valence electrons. The minimum atomic E-state index is -1.14. The number of aryl methyl sites for hydroxylation is 1. The average molecular weight is 235 g/mol. The van der Waals surface area contributed by atoms with Crippen molar-refractivity contribution in [3.63, 3.8) is 0 Å². The fraction of sp³-hybridized carbons (Fsp3) is 0.600.